The Morgan fingerprint density at radius 1 is 1.63 bits per heavy atom. The summed E-state index contributed by atoms with van der Waals surface area (Å²) >= 11 is 8.27. The first-order valence-corrected chi connectivity index (χ1v) is 8.06. The van der Waals surface area contributed by atoms with Gasteiger partial charge >= 0.3 is 0 Å². The second-order valence-electron chi connectivity index (χ2n) is 5.65. The number of likely N-dealkylation sites (N-methyl/N-ethyl adjacent to an activating group) is 1. The van der Waals surface area contributed by atoms with E-state index < -0.39 is 0 Å². The van der Waals surface area contributed by atoms with Crippen molar-refractivity contribution in [2.24, 2.45) is 5.73 Å². The van der Waals surface area contributed by atoms with Gasteiger partial charge in [0.25, 0.3) is 0 Å². The molecule has 2 rings (SSSR count). The third kappa shape index (κ3) is 3.27. The maximum Gasteiger partial charge on any atom is 0.0834 e. The molecule has 2 N–H and O–H groups in total. The highest BCUT2D eigenvalue weighted by Gasteiger charge is 2.39. The van der Waals surface area contributed by atoms with Crippen LogP contribution in [0.5, 0.6) is 0 Å². The molecule has 1 aromatic rings. The zero-order chi connectivity index (χ0) is 14.0. The van der Waals surface area contributed by atoms with Gasteiger partial charge < -0.3 is 10.6 Å². The van der Waals surface area contributed by atoms with Gasteiger partial charge in [-0.1, -0.05) is 11.6 Å². The molecule has 6 heteroatoms. The molecule has 0 aromatic carbocycles. The minimum Gasteiger partial charge on any atom is -0.321 e. The average molecular weight is 303 g/mol. The predicted octanol–water partition coefficient (Wildman–Crippen LogP) is 2.38. The number of rotatable bonds is 5. The Kier molecular flexibility index (Phi) is 4.82. The van der Waals surface area contributed by atoms with Crippen molar-refractivity contribution < 1.29 is 0 Å². The van der Waals surface area contributed by atoms with Crippen LogP contribution in [0, 0.1) is 0 Å². The second-order valence-corrected chi connectivity index (χ2v) is 7.68. The Bertz CT molecular complexity index is 426. The second kappa shape index (κ2) is 6.04. The van der Waals surface area contributed by atoms with Crippen LogP contribution in [0.4, 0.5) is 0 Å². The van der Waals surface area contributed by atoms with Crippen molar-refractivity contribution in [2.75, 3.05) is 26.4 Å². The predicted molar refractivity (Wildman–Crippen MR) is 82.8 cm³/mol. The Morgan fingerprint density at radius 3 is 2.95 bits per heavy atom. The molecule has 1 aliphatic rings. The van der Waals surface area contributed by atoms with E-state index in [1.807, 2.05) is 16.4 Å². The van der Waals surface area contributed by atoms with Gasteiger partial charge in [-0.05, 0) is 39.6 Å². The minimum absolute atomic E-state index is 0.0582. The fraction of sp³-hybridized carbons (Fsp3) is 0.769. The van der Waals surface area contributed by atoms with Crippen molar-refractivity contribution in [1.29, 1.82) is 0 Å². The summed E-state index contributed by atoms with van der Waals surface area (Å²) in [6.07, 6.45) is 4.10. The molecule has 2 atom stereocenters. The molecule has 0 bridgehead atoms. The van der Waals surface area contributed by atoms with Gasteiger partial charge in [0.1, 0.15) is 0 Å². The lowest BCUT2D eigenvalue weighted by Crippen LogP contribution is -2.35. The third-order valence-corrected chi connectivity index (χ3v) is 5.70. The average Bonchev–Trinajstić information content (AvgIpc) is 2.93. The smallest absolute Gasteiger partial charge is 0.0834 e. The molecule has 0 spiro atoms. The van der Waals surface area contributed by atoms with Crippen LogP contribution in [-0.2, 0) is 6.54 Å². The van der Waals surface area contributed by atoms with Crippen LogP contribution in [0.25, 0.3) is 0 Å². The molecule has 1 aromatic heterocycles. The molecule has 19 heavy (non-hydrogen) atoms. The van der Waals surface area contributed by atoms with Crippen LogP contribution in [0.1, 0.15) is 31.5 Å². The van der Waals surface area contributed by atoms with Crippen molar-refractivity contribution in [3.63, 3.8) is 0 Å². The topological polar surface area (TPSA) is 47.1 Å². The number of thioether (sulfide) groups is 1. The molecule has 2 unspecified atom stereocenters. The standard InChI is InChI=1S/C13H23ClN4S/c1-13(5-4-8-19-13)12(15)11-10(14)9-16-18(11)7-6-17(2)3/h9,12H,4-8,15H2,1-3H3. The van der Waals surface area contributed by atoms with Crippen LogP contribution in [0.2, 0.25) is 5.02 Å². The fourth-order valence-corrected chi connectivity index (χ4v) is 4.08. The molecule has 2 heterocycles. The van der Waals surface area contributed by atoms with Crippen LogP contribution in [-0.4, -0.2) is 45.8 Å². The van der Waals surface area contributed by atoms with E-state index in [1.165, 1.54) is 12.2 Å². The van der Waals surface area contributed by atoms with E-state index in [2.05, 4.69) is 31.0 Å². The van der Waals surface area contributed by atoms with Gasteiger partial charge in [-0.3, -0.25) is 4.68 Å². The van der Waals surface area contributed by atoms with Gasteiger partial charge in [-0.15, -0.1) is 0 Å². The van der Waals surface area contributed by atoms with Gasteiger partial charge in [0.2, 0.25) is 0 Å². The number of nitrogens with zero attached hydrogens (tertiary/aromatic N) is 3. The molecule has 0 radical (unpaired) electrons. The maximum atomic E-state index is 6.51. The summed E-state index contributed by atoms with van der Waals surface area (Å²) in [5.74, 6) is 1.19. The summed E-state index contributed by atoms with van der Waals surface area (Å²) in [5, 5.41) is 5.07. The van der Waals surface area contributed by atoms with E-state index in [1.54, 1.807) is 6.20 Å². The van der Waals surface area contributed by atoms with Crippen LogP contribution in [0.3, 0.4) is 0 Å². The summed E-state index contributed by atoms with van der Waals surface area (Å²) < 4.78 is 2.05. The van der Waals surface area contributed by atoms with E-state index in [9.17, 15) is 0 Å². The Hall–Kier alpha value is -0.230. The molecule has 0 amide bonds. The zero-order valence-corrected chi connectivity index (χ0v) is 13.5. The summed E-state index contributed by atoms with van der Waals surface area (Å²) in [6.45, 7) is 4.00. The van der Waals surface area contributed by atoms with E-state index in [4.69, 9.17) is 17.3 Å². The number of hydrogen-bond acceptors (Lipinski definition) is 4. The number of aromatic nitrogens is 2. The number of halogens is 1. The zero-order valence-electron chi connectivity index (χ0n) is 11.9. The normalized spacial score (nSPS) is 25.2. The van der Waals surface area contributed by atoms with E-state index >= 15 is 0 Å². The molecule has 108 valence electrons. The molecule has 1 aliphatic heterocycles. The highest BCUT2D eigenvalue weighted by Crippen LogP contribution is 2.46. The first-order valence-electron chi connectivity index (χ1n) is 6.69. The summed E-state index contributed by atoms with van der Waals surface area (Å²) in [6, 6.07) is -0.0582. The lowest BCUT2D eigenvalue weighted by atomic mass is 9.94. The van der Waals surface area contributed by atoms with Crippen molar-refractivity contribution in [3.8, 4) is 0 Å². The van der Waals surface area contributed by atoms with Gasteiger partial charge in [0, 0.05) is 11.3 Å². The van der Waals surface area contributed by atoms with E-state index in [0.29, 0.717) is 5.02 Å². The minimum atomic E-state index is -0.0582. The monoisotopic (exact) mass is 302 g/mol. The van der Waals surface area contributed by atoms with Crippen molar-refractivity contribution >= 4 is 23.4 Å². The molecule has 0 saturated carbocycles. The van der Waals surface area contributed by atoms with Crippen LogP contribution in [0.15, 0.2) is 6.20 Å². The quantitative estimate of drug-likeness (QED) is 0.907. The first-order chi connectivity index (χ1) is 8.94. The highest BCUT2D eigenvalue weighted by molar-refractivity contribution is 8.00. The number of hydrogen-bond donors (Lipinski definition) is 1. The van der Waals surface area contributed by atoms with E-state index in [0.717, 1.165) is 25.2 Å². The largest absolute Gasteiger partial charge is 0.321 e. The molecular formula is C13H23ClN4S. The molecular weight excluding hydrogens is 280 g/mol. The van der Waals surface area contributed by atoms with Gasteiger partial charge in [0.05, 0.1) is 29.5 Å². The van der Waals surface area contributed by atoms with Gasteiger partial charge in [-0.25, -0.2) is 0 Å². The molecule has 1 saturated heterocycles. The number of nitrogens with two attached hydrogens (primary N) is 1. The lowest BCUT2D eigenvalue weighted by molar-refractivity contribution is 0.361. The molecule has 0 aliphatic carbocycles. The Labute approximate surface area is 124 Å². The van der Waals surface area contributed by atoms with Gasteiger partial charge in [-0.2, -0.15) is 16.9 Å². The fourth-order valence-electron chi connectivity index (χ4n) is 2.49. The van der Waals surface area contributed by atoms with Crippen molar-refractivity contribution in [2.45, 2.75) is 37.1 Å². The van der Waals surface area contributed by atoms with Crippen molar-refractivity contribution in [1.82, 2.24) is 14.7 Å². The Morgan fingerprint density at radius 2 is 2.37 bits per heavy atom. The Balaban J connectivity index is 2.20. The van der Waals surface area contributed by atoms with Crippen LogP contribution >= 0.6 is 23.4 Å². The molecule has 1 fully saturated rings. The van der Waals surface area contributed by atoms with Crippen LogP contribution < -0.4 is 5.73 Å². The maximum absolute atomic E-state index is 6.51. The third-order valence-electron chi connectivity index (χ3n) is 3.79. The van der Waals surface area contributed by atoms with Crippen molar-refractivity contribution in [3.05, 3.63) is 16.9 Å². The summed E-state index contributed by atoms with van der Waals surface area (Å²) in [7, 11) is 4.11. The summed E-state index contributed by atoms with van der Waals surface area (Å²) in [4.78, 5) is 2.14. The lowest BCUT2D eigenvalue weighted by Gasteiger charge is -2.31. The van der Waals surface area contributed by atoms with E-state index in [-0.39, 0.29) is 10.8 Å². The molecule has 4 nitrogen and oxygen atoms in total. The SMILES string of the molecule is CN(C)CCn1ncc(Cl)c1C(N)C1(C)CCCS1. The highest BCUT2D eigenvalue weighted by atomic mass is 35.5. The first kappa shape index (κ1) is 15.2. The van der Waals surface area contributed by atoms with Gasteiger partial charge in [0.15, 0.2) is 0 Å². The summed E-state index contributed by atoms with van der Waals surface area (Å²) in [5.41, 5.74) is 7.49.